The average molecular weight is 285 g/mol. The molecule has 2 heterocycles. The standard InChI is InChI=1S/C15H15N3O3/c19-14(18-8-7-16-9-13(18)15(20)21)11-3-1-5-12-10(11)4-2-6-17-12/h1-6,13,16H,7-9H2,(H,20,21). The quantitative estimate of drug-likeness (QED) is 0.850. The molecule has 2 N–H and O–H groups in total. The first kappa shape index (κ1) is 13.5. The molecule has 1 aliphatic heterocycles. The maximum Gasteiger partial charge on any atom is 0.327 e. The zero-order chi connectivity index (χ0) is 14.8. The number of piperazine rings is 1. The fraction of sp³-hybridized carbons (Fsp3) is 0.267. The molecule has 1 atom stereocenters. The van der Waals surface area contributed by atoms with E-state index in [1.54, 1.807) is 24.4 Å². The Bertz CT molecular complexity index is 696. The third-order valence-corrected chi connectivity index (χ3v) is 3.67. The van der Waals surface area contributed by atoms with E-state index in [9.17, 15) is 14.7 Å². The van der Waals surface area contributed by atoms with E-state index in [0.29, 0.717) is 18.7 Å². The van der Waals surface area contributed by atoms with Gasteiger partial charge in [0.05, 0.1) is 5.52 Å². The first-order valence-electron chi connectivity index (χ1n) is 6.77. The third kappa shape index (κ3) is 2.45. The fourth-order valence-corrected chi connectivity index (χ4v) is 2.61. The lowest BCUT2D eigenvalue weighted by atomic mass is 10.1. The predicted molar refractivity (Wildman–Crippen MR) is 77.1 cm³/mol. The number of nitrogens with zero attached hydrogens (tertiary/aromatic N) is 2. The molecule has 0 radical (unpaired) electrons. The smallest absolute Gasteiger partial charge is 0.327 e. The normalized spacial score (nSPS) is 18.7. The molecule has 0 saturated carbocycles. The minimum Gasteiger partial charge on any atom is -0.480 e. The number of aliphatic carboxylic acids is 1. The SMILES string of the molecule is O=C(O)C1CNCCN1C(=O)c1cccc2ncccc12. The van der Waals surface area contributed by atoms with Gasteiger partial charge in [0.15, 0.2) is 0 Å². The summed E-state index contributed by atoms with van der Waals surface area (Å²) in [5.41, 5.74) is 1.22. The van der Waals surface area contributed by atoms with Gasteiger partial charge in [-0.15, -0.1) is 0 Å². The van der Waals surface area contributed by atoms with Crippen LogP contribution in [0, 0.1) is 0 Å². The van der Waals surface area contributed by atoms with Crippen molar-refractivity contribution in [3.8, 4) is 0 Å². The summed E-state index contributed by atoms with van der Waals surface area (Å²) in [4.78, 5) is 29.7. The minimum atomic E-state index is -0.992. The highest BCUT2D eigenvalue weighted by Gasteiger charge is 2.32. The van der Waals surface area contributed by atoms with Gasteiger partial charge in [-0.1, -0.05) is 12.1 Å². The molecule has 1 aromatic carbocycles. The van der Waals surface area contributed by atoms with E-state index >= 15 is 0 Å². The second-order valence-electron chi connectivity index (χ2n) is 4.93. The van der Waals surface area contributed by atoms with Gasteiger partial charge in [0.2, 0.25) is 0 Å². The molecule has 0 aliphatic carbocycles. The van der Waals surface area contributed by atoms with E-state index in [1.165, 1.54) is 4.90 Å². The van der Waals surface area contributed by atoms with Crippen molar-refractivity contribution in [3.63, 3.8) is 0 Å². The van der Waals surface area contributed by atoms with E-state index in [0.717, 1.165) is 10.9 Å². The molecule has 1 saturated heterocycles. The number of carboxylic acid groups (broad SMARTS) is 1. The summed E-state index contributed by atoms with van der Waals surface area (Å²) in [7, 11) is 0. The van der Waals surface area contributed by atoms with Crippen LogP contribution in [0.2, 0.25) is 0 Å². The van der Waals surface area contributed by atoms with Crippen LogP contribution >= 0.6 is 0 Å². The number of nitrogens with one attached hydrogen (secondary N) is 1. The van der Waals surface area contributed by atoms with Crippen molar-refractivity contribution in [1.82, 2.24) is 15.2 Å². The Hall–Kier alpha value is -2.47. The highest BCUT2D eigenvalue weighted by molar-refractivity contribution is 6.07. The summed E-state index contributed by atoms with van der Waals surface area (Å²) in [5.74, 6) is -1.25. The summed E-state index contributed by atoms with van der Waals surface area (Å²) in [6.07, 6.45) is 1.67. The summed E-state index contributed by atoms with van der Waals surface area (Å²) in [5, 5.41) is 13.0. The number of hydrogen-bond acceptors (Lipinski definition) is 4. The van der Waals surface area contributed by atoms with Crippen molar-refractivity contribution in [3.05, 3.63) is 42.1 Å². The Labute approximate surface area is 121 Å². The molecule has 6 heteroatoms. The first-order valence-corrected chi connectivity index (χ1v) is 6.77. The molecule has 6 nitrogen and oxygen atoms in total. The average Bonchev–Trinajstić information content (AvgIpc) is 2.53. The van der Waals surface area contributed by atoms with Gasteiger partial charge in [-0.2, -0.15) is 0 Å². The maximum atomic E-state index is 12.7. The van der Waals surface area contributed by atoms with Crippen LogP contribution < -0.4 is 5.32 Å². The van der Waals surface area contributed by atoms with Crippen LogP contribution in [0.5, 0.6) is 0 Å². The summed E-state index contributed by atoms with van der Waals surface area (Å²) in [6.45, 7) is 1.25. The lowest BCUT2D eigenvalue weighted by molar-refractivity contribution is -0.142. The van der Waals surface area contributed by atoms with Gasteiger partial charge in [0.1, 0.15) is 6.04 Å². The highest BCUT2D eigenvalue weighted by Crippen LogP contribution is 2.20. The lowest BCUT2D eigenvalue weighted by Crippen LogP contribution is -2.57. The second-order valence-corrected chi connectivity index (χ2v) is 4.93. The van der Waals surface area contributed by atoms with Crippen LogP contribution in [0.1, 0.15) is 10.4 Å². The summed E-state index contributed by atoms with van der Waals surface area (Å²) >= 11 is 0. The Morgan fingerprint density at radius 3 is 2.95 bits per heavy atom. The van der Waals surface area contributed by atoms with Crippen LogP contribution in [0.25, 0.3) is 10.9 Å². The van der Waals surface area contributed by atoms with E-state index in [-0.39, 0.29) is 12.5 Å². The molecule has 2 aromatic rings. The minimum absolute atomic E-state index is 0.262. The Kier molecular flexibility index (Phi) is 3.53. The third-order valence-electron chi connectivity index (χ3n) is 3.67. The molecule has 1 amide bonds. The van der Waals surface area contributed by atoms with Crippen molar-refractivity contribution in [1.29, 1.82) is 0 Å². The zero-order valence-corrected chi connectivity index (χ0v) is 11.3. The van der Waals surface area contributed by atoms with Crippen molar-refractivity contribution >= 4 is 22.8 Å². The lowest BCUT2D eigenvalue weighted by Gasteiger charge is -2.33. The first-order chi connectivity index (χ1) is 10.2. The van der Waals surface area contributed by atoms with Crippen molar-refractivity contribution in [2.45, 2.75) is 6.04 Å². The number of carboxylic acids is 1. The van der Waals surface area contributed by atoms with Crippen LogP contribution in [-0.4, -0.2) is 52.5 Å². The molecule has 1 aliphatic rings. The van der Waals surface area contributed by atoms with Crippen molar-refractivity contribution in [2.24, 2.45) is 0 Å². The van der Waals surface area contributed by atoms with Gasteiger partial charge < -0.3 is 15.3 Å². The molecule has 3 rings (SSSR count). The van der Waals surface area contributed by atoms with Crippen LogP contribution in [-0.2, 0) is 4.79 Å². The molecule has 21 heavy (non-hydrogen) atoms. The number of benzene rings is 1. The molecular formula is C15H15N3O3. The van der Waals surface area contributed by atoms with Gasteiger partial charge in [0, 0.05) is 36.8 Å². The molecule has 1 fully saturated rings. The Morgan fingerprint density at radius 2 is 2.14 bits per heavy atom. The van der Waals surface area contributed by atoms with Gasteiger partial charge >= 0.3 is 5.97 Å². The molecule has 108 valence electrons. The highest BCUT2D eigenvalue weighted by atomic mass is 16.4. The Morgan fingerprint density at radius 1 is 1.29 bits per heavy atom. The maximum absolute atomic E-state index is 12.7. The largest absolute Gasteiger partial charge is 0.480 e. The molecule has 1 unspecified atom stereocenters. The van der Waals surface area contributed by atoms with E-state index in [1.807, 2.05) is 12.1 Å². The fourth-order valence-electron chi connectivity index (χ4n) is 2.61. The van der Waals surface area contributed by atoms with Crippen molar-refractivity contribution in [2.75, 3.05) is 19.6 Å². The molecule has 1 aromatic heterocycles. The molecular weight excluding hydrogens is 270 g/mol. The number of pyridine rings is 1. The molecule has 0 spiro atoms. The Balaban J connectivity index is 2.01. The van der Waals surface area contributed by atoms with E-state index in [2.05, 4.69) is 10.3 Å². The number of fused-ring (bicyclic) bond motifs is 1. The summed E-state index contributed by atoms with van der Waals surface area (Å²) in [6, 6.07) is 8.07. The number of aromatic nitrogens is 1. The molecule has 0 bridgehead atoms. The van der Waals surface area contributed by atoms with Crippen LogP contribution in [0.4, 0.5) is 0 Å². The number of carbonyl (C=O) groups is 2. The second kappa shape index (κ2) is 5.49. The monoisotopic (exact) mass is 285 g/mol. The number of amides is 1. The van der Waals surface area contributed by atoms with Gasteiger partial charge in [-0.05, 0) is 18.2 Å². The van der Waals surface area contributed by atoms with Crippen molar-refractivity contribution < 1.29 is 14.7 Å². The predicted octanol–water partition coefficient (Wildman–Crippen LogP) is 0.733. The number of carbonyl (C=O) groups excluding carboxylic acids is 1. The van der Waals surface area contributed by atoms with E-state index in [4.69, 9.17) is 0 Å². The topological polar surface area (TPSA) is 82.5 Å². The van der Waals surface area contributed by atoms with E-state index < -0.39 is 12.0 Å². The van der Waals surface area contributed by atoms with Crippen LogP contribution in [0.3, 0.4) is 0 Å². The van der Waals surface area contributed by atoms with Crippen LogP contribution in [0.15, 0.2) is 36.5 Å². The number of hydrogen-bond donors (Lipinski definition) is 2. The van der Waals surface area contributed by atoms with Gasteiger partial charge in [-0.3, -0.25) is 9.78 Å². The summed E-state index contributed by atoms with van der Waals surface area (Å²) < 4.78 is 0. The van der Waals surface area contributed by atoms with Gasteiger partial charge in [-0.25, -0.2) is 4.79 Å². The van der Waals surface area contributed by atoms with Gasteiger partial charge in [0.25, 0.3) is 5.91 Å². The zero-order valence-electron chi connectivity index (χ0n) is 11.3. The number of rotatable bonds is 2.